The lowest BCUT2D eigenvalue weighted by molar-refractivity contribution is -0.138. The number of nitrogens with zero attached hydrogens (tertiary/aromatic N) is 2. The number of aromatic nitrogens is 2. The average molecular weight is 416 g/mol. The lowest BCUT2D eigenvalue weighted by atomic mass is 9.97. The fourth-order valence-electron chi connectivity index (χ4n) is 3.87. The Hall–Kier alpha value is -2.87. The van der Waals surface area contributed by atoms with Crippen molar-refractivity contribution in [1.29, 1.82) is 0 Å². The minimum Gasteiger partial charge on any atom is -0.489 e. The number of rotatable bonds is 5. The van der Waals surface area contributed by atoms with Crippen LogP contribution >= 0.6 is 0 Å². The van der Waals surface area contributed by atoms with Crippen molar-refractivity contribution in [2.24, 2.45) is 0 Å². The van der Waals surface area contributed by atoms with Gasteiger partial charge in [-0.05, 0) is 62.2 Å². The molecule has 0 radical (unpaired) electrons. The summed E-state index contributed by atoms with van der Waals surface area (Å²) in [6.45, 7) is 5.05. The van der Waals surface area contributed by atoms with E-state index in [2.05, 4.69) is 20.8 Å². The molecule has 30 heavy (non-hydrogen) atoms. The topological polar surface area (TPSA) is 59.1 Å². The SMILES string of the molecule is Cc1c([C@@H](C)Nc2nncc3ccc(OC4CCNC4)cc23)cccc1C(F)(F)F. The van der Waals surface area contributed by atoms with Crippen LogP contribution in [-0.2, 0) is 6.18 Å². The molecule has 1 fully saturated rings. The molecule has 0 bridgehead atoms. The van der Waals surface area contributed by atoms with Crippen LogP contribution < -0.4 is 15.4 Å². The van der Waals surface area contributed by atoms with Gasteiger partial charge in [-0.2, -0.15) is 18.3 Å². The van der Waals surface area contributed by atoms with E-state index in [4.69, 9.17) is 4.74 Å². The zero-order valence-corrected chi connectivity index (χ0v) is 16.8. The summed E-state index contributed by atoms with van der Waals surface area (Å²) in [5.41, 5.74) is 0.141. The van der Waals surface area contributed by atoms with Crippen LogP contribution in [0.3, 0.4) is 0 Å². The van der Waals surface area contributed by atoms with Crippen LogP contribution in [-0.4, -0.2) is 29.4 Å². The second-order valence-electron chi connectivity index (χ2n) is 7.56. The van der Waals surface area contributed by atoms with Crippen LogP contribution in [0.4, 0.5) is 19.0 Å². The van der Waals surface area contributed by atoms with E-state index in [0.717, 1.165) is 42.1 Å². The number of hydrogen-bond acceptors (Lipinski definition) is 5. The fraction of sp³-hybridized carbons (Fsp3) is 0.364. The molecule has 0 amide bonds. The Morgan fingerprint density at radius 1 is 1.23 bits per heavy atom. The Kier molecular flexibility index (Phi) is 5.51. The lowest BCUT2D eigenvalue weighted by Crippen LogP contribution is -2.19. The molecule has 4 rings (SSSR count). The molecule has 3 aromatic rings. The second-order valence-corrected chi connectivity index (χ2v) is 7.56. The van der Waals surface area contributed by atoms with Gasteiger partial charge < -0.3 is 15.4 Å². The molecular formula is C22H23F3N4O. The van der Waals surface area contributed by atoms with Crippen LogP contribution in [0.5, 0.6) is 5.75 Å². The van der Waals surface area contributed by atoms with Crippen LogP contribution in [0.2, 0.25) is 0 Å². The Bertz CT molecular complexity index is 1050. The molecule has 1 aliphatic heterocycles. The normalized spacial score (nSPS) is 17.8. The van der Waals surface area contributed by atoms with Gasteiger partial charge in [0, 0.05) is 17.3 Å². The van der Waals surface area contributed by atoms with Crippen molar-refractivity contribution in [2.75, 3.05) is 18.4 Å². The van der Waals surface area contributed by atoms with Gasteiger partial charge in [-0.1, -0.05) is 12.1 Å². The number of benzene rings is 2. The summed E-state index contributed by atoms with van der Waals surface area (Å²) in [6.07, 6.45) is -1.66. The van der Waals surface area contributed by atoms with Crippen LogP contribution in [0.15, 0.2) is 42.6 Å². The second kappa shape index (κ2) is 8.10. The summed E-state index contributed by atoms with van der Waals surface area (Å²) in [5, 5.41) is 16.4. The number of hydrogen-bond donors (Lipinski definition) is 2. The van der Waals surface area contributed by atoms with Crippen molar-refractivity contribution in [3.05, 3.63) is 59.3 Å². The van der Waals surface area contributed by atoms with Crippen LogP contribution in [0.25, 0.3) is 10.8 Å². The van der Waals surface area contributed by atoms with Gasteiger partial charge in [0.15, 0.2) is 5.82 Å². The molecule has 1 saturated heterocycles. The molecule has 2 aromatic carbocycles. The first kappa shape index (κ1) is 20.4. The highest BCUT2D eigenvalue weighted by Crippen LogP contribution is 2.35. The van der Waals surface area contributed by atoms with Gasteiger partial charge in [0.2, 0.25) is 0 Å². The third-order valence-electron chi connectivity index (χ3n) is 5.45. The third kappa shape index (κ3) is 4.18. The number of halogens is 3. The van der Waals surface area contributed by atoms with E-state index >= 15 is 0 Å². The first-order valence-corrected chi connectivity index (χ1v) is 9.89. The van der Waals surface area contributed by atoms with Crippen LogP contribution in [0.1, 0.15) is 36.1 Å². The number of anilines is 1. The molecule has 0 saturated carbocycles. The van der Waals surface area contributed by atoms with Gasteiger partial charge in [-0.15, -0.1) is 5.10 Å². The number of fused-ring (bicyclic) bond motifs is 1. The molecule has 8 heteroatoms. The number of ether oxygens (including phenoxy) is 1. The molecular weight excluding hydrogens is 393 g/mol. The molecule has 158 valence electrons. The summed E-state index contributed by atoms with van der Waals surface area (Å²) in [4.78, 5) is 0. The Labute approximate surface area is 172 Å². The molecule has 1 unspecified atom stereocenters. The maximum Gasteiger partial charge on any atom is 0.416 e. The largest absolute Gasteiger partial charge is 0.489 e. The van der Waals surface area contributed by atoms with E-state index in [1.807, 2.05) is 25.1 Å². The van der Waals surface area contributed by atoms with Gasteiger partial charge in [-0.3, -0.25) is 0 Å². The summed E-state index contributed by atoms with van der Waals surface area (Å²) < 4.78 is 45.9. The minimum absolute atomic E-state index is 0.125. The van der Waals surface area contributed by atoms with E-state index in [9.17, 15) is 13.2 Å². The van der Waals surface area contributed by atoms with Crippen molar-refractivity contribution in [3.63, 3.8) is 0 Å². The minimum atomic E-state index is -4.39. The van der Waals surface area contributed by atoms with E-state index < -0.39 is 17.8 Å². The molecule has 1 aromatic heterocycles. The summed E-state index contributed by atoms with van der Waals surface area (Å²) in [7, 11) is 0. The van der Waals surface area contributed by atoms with E-state index in [1.165, 1.54) is 13.0 Å². The predicted octanol–water partition coefficient (Wildman–Crippen LogP) is 4.87. The Morgan fingerprint density at radius 3 is 2.80 bits per heavy atom. The van der Waals surface area contributed by atoms with Gasteiger partial charge in [0.05, 0.1) is 17.8 Å². The Morgan fingerprint density at radius 2 is 2.07 bits per heavy atom. The van der Waals surface area contributed by atoms with Crippen LogP contribution in [0, 0.1) is 6.92 Å². The maximum atomic E-state index is 13.3. The molecule has 1 aliphatic rings. The number of nitrogens with one attached hydrogen (secondary N) is 2. The summed E-state index contributed by atoms with van der Waals surface area (Å²) in [6, 6.07) is 9.54. The zero-order valence-electron chi connectivity index (χ0n) is 16.8. The highest BCUT2D eigenvalue weighted by Gasteiger charge is 2.33. The first-order chi connectivity index (χ1) is 14.3. The fourth-order valence-corrected chi connectivity index (χ4v) is 3.87. The van der Waals surface area contributed by atoms with Crippen molar-refractivity contribution < 1.29 is 17.9 Å². The van der Waals surface area contributed by atoms with Crippen molar-refractivity contribution in [1.82, 2.24) is 15.5 Å². The van der Waals surface area contributed by atoms with Gasteiger partial charge >= 0.3 is 6.18 Å². The van der Waals surface area contributed by atoms with E-state index in [-0.39, 0.29) is 11.7 Å². The maximum absolute atomic E-state index is 13.3. The van der Waals surface area contributed by atoms with Gasteiger partial charge in [0.25, 0.3) is 0 Å². The summed E-state index contributed by atoms with van der Waals surface area (Å²) in [5.74, 6) is 1.24. The standard InChI is InChI=1S/C22H23F3N4O/c1-13-18(4-3-5-20(13)22(23,24)25)14(2)28-21-19-10-16(30-17-8-9-26-12-17)7-6-15(19)11-27-29-21/h3-7,10-11,14,17,26H,8-9,12H2,1-2H3,(H,28,29)/t14-,17?/m1/s1. The van der Waals surface area contributed by atoms with Gasteiger partial charge in [-0.25, -0.2) is 0 Å². The predicted molar refractivity (Wildman–Crippen MR) is 110 cm³/mol. The quantitative estimate of drug-likeness (QED) is 0.621. The summed E-state index contributed by atoms with van der Waals surface area (Å²) >= 11 is 0. The Balaban J connectivity index is 1.63. The highest BCUT2D eigenvalue weighted by atomic mass is 19.4. The zero-order chi connectivity index (χ0) is 21.3. The first-order valence-electron chi connectivity index (χ1n) is 9.89. The number of alkyl halides is 3. The molecule has 5 nitrogen and oxygen atoms in total. The van der Waals surface area contributed by atoms with E-state index in [1.54, 1.807) is 12.3 Å². The van der Waals surface area contributed by atoms with Crippen molar-refractivity contribution >= 4 is 16.6 Å². The lowest BCUT2D eigenvalue weighted by Gasteiger charge is -2.21. The molecule has 2 heterocycles. The van der Waals surface area contributed by atoms with Crippen molar-refractivity contribution in [3.8, 4) is 5.75 Å². The smallest absolute Gasteiger partial charge is 0.416 e. The van der Waals surface area contributed by atoms with Gasteiger partial charge in [0.1, 0.15) is 11.9 Å². The third-order valence-corrected chi connectivity index (χ3v) is 5.45. The average Bonchev–Trinajstić information content (AvgIpc) is 3.20. The molecule has 0 spiro atoms. The highest BCUT2D eigenvalue weighted by molar-refractivity contribution is 5.92. The van der Waals surface area contributed by atoms with E-state index in [0.29, 0.717) is 11.4 Å². The van der Waals surface area contributed by atoms with Crippen molar-refractivity contribution in [2.45, 2.75) is 38.6 Å². The monoisotopic (exact) mass is 416 g/mol. The molecule has 2 atom stereocenters. The molecule has 0 aliphatic carbocycles. The molecule has 2 N–H and O–H groups in total.